The molecular weight excluding hydrogens is 152 g/mol. The molecule has 0 heterocycles. The number of ether oxygens (including phenoxy) is 2. The minimum atomic E-state index is 0.144. The van der Waals surface area contributed by atoms with Gasteiger partial charge in [0, 0.05) is 6.61 Å². The van der Waals surface area contributed by atoms with Gasteiger partial charge in [0.25, 0.3) is 0 Å². The zero-order valence-corrected chi connectivity index (χ0v) is 8.34. The molecule has 0 rings (SSSR count). The van der Waals surface area contributed by atoms with Gasteiger partial charge in [0.05, 0.1) is 19.3 Å². The van der Waals surface area contributed by atoms with E-state index in [2.05, 4.69) is 13.8 Å². The third-order valence-electron chi connectivity index (χ3n) is 1.67. The van der Waals surface area contributed by atoms with E-state index < -0.39 is 0 Å². The van der Waals surface area contributed by atoms with Gasteiger partial charge in [0.15, 0.2) is 0 Å². The molecule has 0 bridgehead atoms. The van der Waals surface area contributed by atoms with Crippen LogP contribution in [0.15, 0.2) is 0 Å². The first-order valence-electron chi connectivity index (χ1n) is 4.83. The maximum Gasteiger partial charge on any atom is 0.0704 e. The van der Waals surface area contributed by atoms with E-state index >= 15 is 0 Å². The van der Waals surface area contributed by atoms with E-state index in [0.29, 0.717) is 13.2 Å². The van der Waals surface area contributed by atoms with Crippen LogP contribution in [-0.2, 0) is 9.47 Å². The van der Waals surface area contributed by atoms with Gasteiger partial charge in [-0.3, -0.25) is 0 Å². The number of hydrogen-bond acceptors (Lipinski definition) is 2. The molecule has 73 valence electrons. The SMILES string of the molecule is [CH2]C(CCCC)OCCOCC. The molecular formula is C10H21O2. The smallest absolute Gasteiger partial charge is 0.0704 e. The second-order valence-electron chi connectivity index (χ2n) is 2.83. The zero-order valence-electron chi connectivity index (χ0n) is 8.34. The van der Waals surface area contributed by atoms with E-state index in [1.807, 2.05) is 6.92 Å². The van der Waals surface area contributed by atoms with Gasteiger partial charge < -0.3 is 9.47 Å². The molecule has 0 saturated heterocycles. The van der Waals surface area contributed by atoms with Crippen LogP contribution in [0.5, 0.6) is 0 Å². The molecule has 0 spiro atoms. The van der Waals surface area contributed by atoms with Crippen LogP contribution in [0.1, 0.15) is 33.1 Å². The molecule has 0 saturated carbocycles. The molecule has 0 aliphatic carbocycles. The Kier molecular flexibility index (Phi) is 8.95. The molecule has 0 aromatic heterocycles. The van der Waals surface area contributed by atoms with E-state index in [0.717, 1.165) is 13.0 Å². The predicted octanol–water partition coefficient (Wildman–Crippen LogP) is 2.43. The first-order chi connectivity index (χ1) is 5.81. The molecule has 0 N–H and O–H groups in total. The lowest BCUT2D eigenvalue weighted by atomic mass is 10.2. The van der Waals surface area contributed by atoms with Crippen LogP contribution in [0.3, 0.4) is 0 Å². The van der Waals surface area contributed by atoms with Crippen molar-refractivity contribution < 1.29 is 9.47 Å². The Labute approximate surface area is 76.3 Å². The maximum absolute atomic E-state index is 5.41. The summed E-state index contributed by atoms with van der Waals surface area (Å²) in [6.07, 6.45) is 3.61. The van der Waals surface area contributed by atoms with Crippen molar-refractivity contribution in [3.8, 4) is 0 Å². The first kappa shape index (κ1) is 11.9. The maximum atomic E-state index is 5.41. The summed E-state index contributed by atoms with van der Waals surface area (Å²) < 4.78 is 10.5. The fourth-order valence-electron chi connectivity index (χ4n) is 0.933. The molecule has 0 amide bonds. The first-order valence-corrected chi connectivity index (χ1v) is 4.83. The molecule has 12 heavy (non-hydrogen) atoms. The summed E-state index contributed by atoms with van der Waals surface area (Å²) in [6, 6.07) is 0. The van der Waals surface area contributed by atoms with Gasteiger partial charge in [-0.15, -0.1) is 0 Å². The standard InChI is InChI=1S/C10H21O2/c1-4-6-7-10(3)12-9-8-11-5-2/h10H,3-9H2,1-2H3. The van der Waals surface area contributed by atoms with Gasteiger partial charge in [0.1, 0.15) is 0 Å². The lowest BCUT2D eigenvalue weighted by Gasteiger charge is -2.11. The van der Waals surface area contributed by atoms with Crippen molar-refractivity contribution in [1.82, 2.24) is 0 Å². The summed E-state index contributed by atoms with van der Waals surface area (Å²) in [5.41, 5.74) is 0. The van der Waals surface area contributed by atoms with E-state index in [1.54, 1.807) is 0 Å². The fourth-order valence-corrected chi connectivity index (χ4v) is 0.933. The Morgan fingerprint density at radius 3 is 2.58 bits per heavy atom. The summed E-state index contributed by atoms with van der Waals surface area (Å²) >= 11 is 0. The Balaban J connectivity index is 3.02. The Hall–Kier alpha value is -0.0800. The van der Waals surface area contributed by atoms with Gasteiger partial charge in [-0.05, 0) is 20.3 Å². The normalized spacial score (nSPS) is 13.2. The lowest BCUT2D eigenvalue weighted by Crippen LogP contribution is -2.13. The van der Waals surface area contributed by atoms with E-state index in [-0.39, 0.29) is 6.10 Å². The topological polar surface area (TPSA) is 18.5 Å². The van der Waals surface area contributed by atoms with Crippen molar-refractivity contribution in [1.29, 1.82) is 0 Å². The van der Waals surface area contributed by atoms with Gasteiger partial charge in [0.2, 0.25) is 0 Å². The summed E-state index contributed by atoms with van der Waals surface area (Å²) in [5, 5.41) is 0. The van der Waals surface area contributed by atoms with Gasteiger partial charge in [-0.2, -0.15) is 0 Å². The quantitative estimate of drug-likeness (QED) is 0.525. The van der Waals surface area contributed by atoms with Crippen LogP contribution in [0.25, 0.3) is 0 Å². The summed E-state index contributed by atoms with van der Waals surface area (Å²) in [7, 11) is 0. The van der Waals surface area contributed by atoms with Gasteiger partial charge >= 0.3 is 0 Å². The number of unbranched alkanes of at least 4 members (excludes halogenated alkanes) is 1. The van der Waals surface area contributed by atoms with Crippen LogP contribution >= 0.6 is 0 Å². The summed E-state index contributed by atoms with van der Waals surface area (Å²) in [5.74, 6) is 0. The molecule has 1 atom stereocenters. The zero-order chi connectivity index (χ0) is 9.23. The van der Waals surface area contributed by atoms with Crippen LogP contribution in [0.2, 0.25) is 0 Å². The molecule has 2 nitrogen and oxygen atoms in total. The van der Waals surface area contributed by atoms with Gasteiger partial charge in [-0.1, -0.05) is 19.8 Å². The third-order valence-corrected chi connectivity index (χ3v) is 1.67. The van der Waals surface area contributed by atoms with E-state index in [4.69, 9.17) is 9.47 Å². The molecule has 1 radical (unpaired) electrons. The van der Waals surface area contributed by atoms with E-state index in [1.165, 1.54) is 12.8 Å². The Bertz CT molecular complexity index is 83.9. The predicted molar refractivity (Wildman–Crippen MR) is 51.1 cm³/mol. The van der Waals surface area contributed by atoms with Crippen LogP contribution in [0.4, 0.5) is 0 Å². The number of hydrogen-bond donors (Lipinski definition) is 0. The molecule has 0 aromatic carbocycles. The summed E-state index contributed by atoms with van der Waals surface area (Å²) in [4.78, 5) is 0. The molecule has 2 heteroatoms. The number of rotatable bonds is 8. The highest BCUT2D eigenvalue weighted by Gasteiger charge is 1.99. The van der Waals surface area contributed by atoms with Crippen molar-refractivity contribution in [2.45, 2.75) is 39.2 Å². The third kappa shape index (κ3) is 8.02. The van der Waals surface area contributed by atoms with Crippen molar-refractivity contribution in [2.75, 3.05) is 19.8 Å². The minimum Gasteiger partial charge on any atom is -0.379 e. The molecule has 0 fully saturated rings. The highest BCUT2D eigenvalue weighted by molar-refractivity contribution is 4.59. The fraction of sp³-hybridized carbons (Fsp3) is 0.900. The molecule has 0 aliphatic rings. The molecule has 0 aliphatic heterocycles. The largest absolute Gasteiger partial charge is 0.379 e. The van der Waals surface area contributed by atoms with Crippen molar-refractivity contribution in [2.24, 2.45) is 0 Å². The lowest BCUT2D eigenvalue weighted by molar-refractivity contribution is 0.0220. The van der Waals surface area contributed by atoms with Crippen LogP contribution in [-0.4, -0.2) is 25.9 Å². The second kappa shape index (κ2) is 9.01. The van der Waals surface area contributed by atoms with Gasteiger partial charge in [-0.25, -0.2) is 0 Å². The second-order valence-corrected chi connectivity index (χ2v) is 2.83. The van der Waals surface area contributed by atoms with E-state index in [9.17, 15) is 0 Å². The van der Waals surface area contributed by atoms with Crippen molar-refractivity contribution in [3.63, 3.8) is 0 Å². The highest BCUT2D eigenvalue weighted by Crippen LogP contribution is 2.02. The average molecular weight is 173 g/mol. The Morgan fingerprint density at radius 2 is 2.00 bits per heavy atom. The van der Waals surface area contributed by atoms with Crippen molar-refractivity contribution in [3.05, 3.63) is 6.92 Å². The summed E-state index contributed by atoms with van der Waals surface area (Å²) in [6.45, 7) is 10.2. The average Bonchev–Trinajstić information content (AvgIpc) is 2.09. The highest BCUT2D eigenvalue weighted by atomic mass is 16.5. The van der Waals surface area contributed by atoms with Crippen LogP contribution < -0.4 is 0 Å². The van der Waals surface area contributed by atoms with Crippen molar-refractivity contribution >= 4 is 0 Å². The van der Waals surface area contributed by atoms with Crippen LogP contribution in [0, 0.1) is 6.92 Å². The molecule has 0 aromatic rings. The molecule has 1 unspecified atom stereocenters. The monoisotopic (exact) mass is 173 g/mol. The Morgan fingerprint density at radius 1 is 1.25 bits per heavy atom. The minimum absolute atomic E-state index is 0.144.